The van der Waals surface area contributed by atoms with Gasteiger partial charge in [-0.1, -0.05) is 6.08 Å². The minimum atomic E-state index is -1.58. The van der Waals surface area contributed by atoms with Gasteiger partial charge >= 0.3 is 0 Å². The first-order valence-electron chi connectivity index (χ1n) is 4.53. The van der Waals surface area contributed by atoms with Gasteiger partial charge in [0.15, 0.2) is 0 Å². The Bertz CT molecular complexity index is 199. The third-order valence-corrected chi connectivity index (χ3v) is 1.94. The summed E-state index contributed by atoms with van der Waals surface area (Å²) in [4.78, 5) is 10.6. The predicted molar refractivity (Wildman–Crippen MR) is 53.2 cm³/mol. The summed E-state index contributed by atoms with van der Waals surface area (Å²) in [6, 6.07) is -1.01. The smallest absolute Gasteiger partial charge is 0.139 e. The van der Waals surface area contributed by atoms with Gasteiger partial charge in [0, 0.05) is 6.54 Å². The van der Waals surface area contributed by atoms with Crippen molar-refractivity contribution in [2.75, 3.05) is 13.2 Å². The number of carbonyl (C=O) groups is 1. The van der Waals surface area contributed by atoms with E-state index in [1.165, 1.54) is 6.08 Å². The summed E-state index contributed by atoms with van der Waals surface area (Å²) in [6.45, 7) is 3.00. The van der Waals surface area contributed by atoms with Gasteiger partial charge in [0.25, 0.3) is 0 Å². The van der Waals surface area contributed by atoms with Gasteiger partial charge in [-0.15, -0.1) is 6.58 Å². The van der Waals surface area contributed by atoms with Crippen LogP contribution >= 0.6 is 0 Å². The third-order valence-electron chi connectivity index (χ3n) is 1.94. The molecule has 0 aliphatic heterocycles. The number of hydrogen-bond acceptors (Lipinski definition) is 6. The van der Waals surface area contributed by atoms with Crippen molar-refractivity contribution in [2.24, 2.45) is 0 Å². The van der Waals surface area contributed by atoms with E-state index in [1.54, 1.807) is 0 Å². The van der Waals surface area contributed by atoms with E-state index in [0.29, 0.717) is 6.29 Å². The first kappa shape index (κ1) is 14.2. The van der Waals surface area contributed by atoms with Crippen molar-refractivity contribution in [1.29, 1.82) is 0 Å². The molecule has 6 heteroatoms. The molecule has 0 aromatic carbocycles. The molecule has 0 heterocycles. The monoisotopic (exact) mass is 219 g/mol. The highest BCUT2D eigenvalue weighted by Gasteiger charge is 2.30. The maximum absolute atomic E-state index is 10.6. The van der Waals surface area contributed by atoms with Crippen molar-refractivity contribution < 1.29 is 25.2 Å². The lowest BCUT2D eigenvalue weighted by Gasteiger charge is -2.25. The Kier molecular flexibility index (Phi) is 7.10. The molecule has 0 aliphatic rings. The van der Waals surface area contributed by atoms with Crippen molar-refractivity contribution in [1.82, 2.24) is 5.32 Å². The Morgan fingerprint density at radius 3 is 2.27 bits per heavy atom. The molecular formula is C9H17NO5. The average molecular weight is 219 g/mol. The summed E-state index contributed by atoms with van der Waals surface area (Å²) >= 11 is 0. The highest BCUT2D eigenvalue weighted by atomic mass is 16.4. The molecule has 0 amide bonds. The third kappa shape index (κ3) is 4.50. The molecule has 0 bridgehead atoms. The molecule has 0 aliphatic carbocycles. The summed E-state index contributed by atoms with van der Waals surface area (Å²) in [5, 5.41) is 38.9. The lowest BCUT2D eigenvalue weighted by Crippen LogP contribution is -2.52. The number of aldehydes is 1. The second kappa shape index (κ2) is 7.49. The van der Waals surface area contributed by atoms with Crippen molar-refractivity contribution in [3.8, 4) is 0 Å². The molecule has 0 aromatic heterocycles. The van der Waals surface area contributed by atoms with E-state index >= 15 is 0 Å². The molecule has 0 aromatic rings. The fraction of sp³-hybridized carbons (Fsp3) is 0.667. The Balaban J connectivity index is 4.28. The Hall–Kier alpha value is -0.790. The van der Waals surface area contributed by atoms with Gasteiger partial charge in [-0.2, -0.15) is 0 Å². The molecule has 0 saturated carbocycles. The van der Waals surface area contributed by atoms with E-state index in [4.69, 9.17) is 10.2 Å². The highest BCUT2D eigenvalue weighted by Crippen LogP contribution is 2.03. The summed E-state index contributed by atoms with van der Waals surface area (Å²) in [5.41, 5.74) is 0. The zero-order chi connectivity index (χ0) is 11.8. The summed E-state index contributed by atoms with van der Waals surface area (Å²) in [7, 11) is 0. The van der Waals surface area contributed by atoms with Crippen LogP contribution in [0.15, 0.2) is 12.7 Å². The lowest BCUT2D eigenvalue weighted by molar-refractivity contribution is -0.120. The predicted octanol–water partition coefficient (Wildman–Crippen LogP) is -2.60. The van der Waals surface area contributed by atoms with Crippen LogP contribution in [0.3, 0.4) is 0 Å². The van der Waals surface area contributed by atoms with Crippen molar-refractivity contribution in [2.45, 2.75) is 24.4 Å². The van der Waals surface area contributed by atoms with E-state index in [-0.39, 0.29) is 6.54 Å². The van der Waals surface area contributed by atoms with Gasteiger partial charge in [0.2, 0.25) is 0 Å². The van der Waals surface area contributed by atoms with Gasteiger partial charge in [-0.25, -0.2) is 0 Å². The topological polar surface area (TPSA) is 110 Å². The zero-order valence-electron chi connectivity index (χ0n) is 8.28. The highest BCUT2D eigenvalue weighted by molar-refractivity contribution is 5.58. The van der Waals surface area contributed by atoms with Crippen LogP contribution in [0.5, 0.6) is 0 Å². The second-order valence-electron chi connectivity index (χ2n) is 3.09. The molecule has 0 fully saturated rings. The number of carbonyl (C=O) groups excluding carboxylic acids is 1. The van der Waals surface area contributed by atoms with Crippen LogP contribution in [0.2, 0.25) is 0 Å². The largest absolute Gasteiger partial charge is 0.394 e. The fourth-order valence-electron chi connectivity index (χ4n) is 1.02. The molecule has 4 atom stereocenters. The average Bonchev–Trinajstić information content (AvgIpc) is 2.27. The van der Waals surface area contributed by atoms with Gasteiger partial charge in [-0.3, -0.25) is 0 Å². The van der Waals surface area contributed by atoms with Gasteiger partial charge < -0.3 is 30.5 Å². The zero-order valence-corrected chi connectivity index (χ0v) is 8.28. The molecule has 0 rings (SSSR count). The molecular weight excluding hydrogens is 202 g/mol. The molecule has 6 nitrogen and oxygen atoms in total. The Morgan fingerprint density at radius 1 is 1.27 bits per heavy atom. The summed E-state index contributed by atoms with van der Waals surface area (Å²) < 4.78 is 0. The number of nitrogens with one attached hydrogen (secondary N) is 1. The molecule has 0 spiro atoms. The maximum Gasteiger partial charge on any atom is 0.139 e. The van der Waals surface area contributed by atoms with E-state index in [1.807, 2.05) is 0 Å². The first-order chi connectivity index (χ1) is 7.08. The van der Waals surface area contributed by atoms with Crippen molar-refractivity contribution in [3.05, 3.63) is 12.7 Å². The van der Waals surface area contributed by atoms with Crippen LogP contribution in [0.4, 0.5) is 0 Å². The number of aliphatic hydroxyl groups is 4. The van der Waals surface area contributed by atoms with Crippen LogP contribution in [0.1, 0.15) is 0 Å². The Morgan fingerprint density at radius 2 is 1.87 bits per heavy atom. The first-order valence-corrected chi connectivity index (χ1v) is 4.53. The quantitative estimate of drug-likeness (QED) is 0.226. The number of hydrogen-bond donors (Lipinski definition) is 5. The normalized spacial score (nSPS) is 18.9. The standard InChI is InChI=1S/C9H17NO5/c1-2-3-10-6(4-11)8(14)9(15)7(13)5-12/h2,4,6-10,12-15H,1,3,5H2/t6-,7+,8+,9-/m0/s1. The van der Waals surface area contributed by atoms with E-state index < -0.39 is 31.0 Å². The maximum atomic E-state index is 10.6. The van der Waals surface area contributed by atoms with Crippen LogP contribution in [0.25, 0.3) is 0 Å². The van der Waals surface area contributed by atoms with E-state index in [9.17, 15) is 15.0 Å². The van der Waals surface area contributed by atoms with E-state index in [0.717, 1.165) is 0 Å². The van der Waals surface area contributed by atoms with Crippen LogP contribution in [-0.2, 0) is 4.79 Å². The second-order valence-corrected chi connectivity index (χ2v) is 3.09. The summed E-state index contributed by atoms with van der Waals surface area (Å²) in [5.74, 6) is 0. The lowest BCUT2D eigenvalue weighted by atomic mass is 10.0. The number of rotatable bonds is 8. The minimum Gasteiger partial charge on any atom is -0.394 e. The number of aliphatic hydroxyl groups excluding tert-OH is 4. The van der Waals surface area contributed by atoms with Gasteiger partial charge in [-0.05, 0) is 0 Å². The molecule has 0 saturated heterocycles. The van der Waals surface area contributed by atoms with Crippen molar-refractivity contribution in [3.63, 3.8) is 0 Å². The molecule has 0 unspecified atom stereocenters. The SMILES string of the molecule is C=CCN[C@@H](C=O)[C@@H](O)[C@@H](O)[C@H](O)CO. The van der Waals surface area contributed by atoms with Crippen LogP contribution in [0, 0.1) is 0 Å². The minimum absolute atomic E-state index is 0.280. The van der Waals surface area contributed by atoms with Crippen LogP contribution < -0.4 is 5.32 Å². The van der Waals surface area contributed by atoms with Crippen molar-refractivity contribution >= 4 is 6.29 Å². The van der Waals surface area contributed by atoms with Gasteiger partial charge in [0.1, 0.15) is 24.6 Å². The molecule has 0 radical (unpaired) electrons. The summed E-state index contributed by atoms with van der Waals surface area (Å²) in [6.07, 6.45) is -2.64. The van der Waals surface area contributed by atoms with Crippen LogP contribution in [-0.4, -0.2) is 64.2 Å². The molecule has 88 valence electrons. The van der Waals surface area contributed by atoms with Gasteiger partial charge in [0.05, 0.1) is 12.6 Å². The Labute approximate surface area is 87.9 Å². The molecule has 5 N–H and O–H groups in total. The van der Waals surface area contributed by atoms with E-state index in [2.05, 4.69) is 11.9 Å². The molecule has 15 heavy (non-hydrogen) atoms. The fourth-order valence-corrected chi connectivity index (χ4v) is 1.02.